The van der Waals surface area contributed by atoms with Gasteiger partial charge < -0.3 is 9.80 Å². The summed E-state index contributed by atoms with van der Waals surface area (Å²) in [5.41, 5.74) is 0.734. The maximum atomic E-state index is 12.4. The van der Waals surface area contributed by atoms with E-state index in [4.69, 9.17) is 0 Å². The second-order valence-corrected chi connectivity index (χ2v) is 5.88. The van der Waals surface area contributed by atoms with Crippen LogP contribution in [0.15, 0.2) is 28.7 Å². The summed E-state index contributed by atoms with van der Waals surface area (Å²) in [7, 11) is 0. The van der Waals surface area contributed by atoms with Crippen LogP contribution in [0.3, 0.4) is 0 Å². The van der Waals surface area contributed by atoms with Crippen molar-refractivity contribution >= 4 is 33.4 Å². The zero-order valence-electron chi connectivity index (χ0n) is 12.9. The first-order valence-corrected chi connectivity index (χ1v) is 8.10. The number of hydrogen-bond donors (Lipinski definition) is 0. The quantitative estimate of drug-likeness (QED) is 0.752. The Labute approximate surface area is 135 Å². The lowest BCUT2D eigenvalue weighted by Crippen LogP contribution is -2.43. The number of carbonyl (C=O) groups is 2. The van der Waals surface area contributed by atoms with E-state index in [0.29, 0.717) is 0 Å². The SMILES string of the molecule is CCCN(CCC)C(=O)CN(C(C)=O)c1cccc(Br)c1. The van der Waals surface area contributed by atoms with Gasteiger partial charge in [0.05, 0.1) is 0 Å². The minimum Gasteiger partial charge on any atom is -0.341 e. The van der Waals surface area contributed by atoms with E-state index in [1.165, 1.54) is 11.8 Å². The molecule has 116 valence electrons. The predicted molar refractivity (Wildman–Crippen MR) is 89.3 cm³/mol. The van der Waals surface area contributed by atoms with Gasteiger partial charge in [0, 0.05) is 30.2 Å². The van der Waals surface area contributed by atoms with Crippen LogP contribution in [0.25, 0.3) is 0 Å². The van der Waals surface area contributed by atoms with Crippen molar-refractivity contribution in [2.24, 2.45) is 0 Å². The second kappa shape index (κ2) is 8.82. The number of carbonyl (C=O) groups excluding carboxylic acids is 2. The van der Waals surface area contributed by atoms with Crippen molar-refractivity contribution in [3.8, 4) is 0 Å². The maximum absolute atomic E-state index is 12.4. The minimum atomic E-state index is -0.130. The van der Waals surface area contributed by atoms with Gasteiger partial charge in [0.1, 0.15) is 6.54 Å². The van der Waals surface area contributed by atoms with Crippen molar-refractivity contribution in [3.63, 3.8) is 0 Å². The van der Waals surface area contributed by atoms with Crippen molar-refractivity contribution in [2.75, 3.05) is 24.5 Å². The molecule has 4 nitrogen and oxygen atoms in total. The van der Waals surface area contributed by atoms with Gasteiger partial charge in [-0.15, -0.1) is 0 Å². The molecule has 2 amide bonds. The van der Waals surface area contributed by atoms with Gasteiger partial charge in [0.15, 0.2) is 0 Å². The van der Waals surface area contributed by atoms with Crippen LogP contribution < -0.4 is 4.90 Å². The topological polar surface area (TPSA) is 40.6 Å². The Morgan fingerprint density at radius 3 is 2.24 bits per heavy atom. The molecule has 0 unspecified atom stereocenters. The summed E-state index contributed by atoms with van der Waals surface area (Å²) in [6.07, 6.45) is 1.84. The van der Waals surface area contributed by atoms with E-state index in [1.807, 2.05) is 43.0 Å². The lowest BCUT2D eigenvalue weighted by molar-refractivity contribution is -0.131. The van der Waals surface area contributed by atoms with Gasteiger partial charge in [-0.3, -0.25) is 9.59 Å². The second-order valence-electron chi connectivity index (χ2n) is 4.97. The van der Waals surface area contributed by atoms with Crippen LogP contribution in [-0.4, -0.2) is 36.3 Å². The van der Waals surface area contributed by atoms with Crippen LogP contribution in [0.4, 0.5) is 5.69 Å². The van der Waals surface area contributed by atoms with E-state index >= 15 is 0 Å². The monoisotopic (exact) mass is 354 g/mol. The number of benzene rings is 1. The van der Waals surface area contributed by atoms with Gasteiger partial charge in [-0.1, -0.05) is 35.8 Å². The average molecular weight is 355 g/mol. The first-order chi connectivity index (χ1) is 9.99. The van der Waals surface area contributed by atoms with Crippen molar-refractivity contribution in [1.82, 2.24) is 4.90 Å². The van der Waals surface area contributed by atoms with E-state index in [9.17, 15) is 9.59 Å². The van der Waals surface area contributed by atoms with Gasteiger partial charge in [-0.2, -0.15) is 0 Å². The molecule has 0 fully saturated rings. The summed E-state index contributed by atoms with van der Waals surface area (Å²) in [4.78, 5) is 27.6. The maximum Gasteiger partial charge on any atom is 0.242 e. The van der Waals surface area contributed by atoms with E-state index in [2.05, 4.69) is 15.9 Å². The molecular formula is C16H23BrN2O2. The summed E-state index contributed by atoms with van der Waals surface area (Å²) >= 11 is 3.39. The molecule has 0 spiro atoms. The van der Waals surface area contributed by atoms with E-state index in [0.717, 1.165) is 36.1 Å². The number of anilines is 1. The highest BCUT2D eigenvalue weighted by Crippen LogP contribution is 2.20. The summed E-state index contributed by atoms with van der Waals surface area (Å²) in [5, 5.41) is 0. The highest BCUT2D eigenvalue weighted by molar-refractivity contribution is 9.10. The van der Waals surface area contributed by atoms with Crippen molar-refractivity contribution in [2.45, 2.75) is 33.6 Å². The molecule has 1 aromatic carbocycles. The molecule has 1 rings (SSSR count). The zero-order valence-corrected chi connectivity index (χ0v) is 14.5. The third-order valence-electron chi connectivity index (χ3n) is 3.13. The van der Waals surface area contributed by atoms with Crippen molar-refractivity contribution < 1.29 is 9.59 Å². The molecule has 0 bridgehead atoms. The average Bonchev–Trinajstić information content (AvgIpc) is 2.44. The molecule has 0 radical (unpaired) electrons. The molecule has 0 aromatic heterocycles. The van der Waals surface area contributed by atoms with Gasteiger partial charge in [-0.25, -0.2) is 0 Å². The molecule has 1 aromatic rings. The number of rotatable bonds is 7. The first kappa shape index (κ1) is 17.7. The van der Waals surface area contributed by atoms with Crippen molar-refractivity contribution in [1.29, 1.82) is 0 Å². The molecule has 0 saturated heterocycles. The Bertz CT molecular complexity index is 485. The minimum absolute atomic E-state index is 0.00567. The zero-order chi connectivity index (χ0) is 15.8. The van der Waals surface area contributed by atoms with E-state index in [-0.39, 0.29) is 18.4 Å². The van der Waals surface area contributed by atoms with Crippen LogP contribution in [-0.2, 0) is 9.59 Å². The Morgan fingerprint density at radius 2 is 1.76 bits per heavy atom. The molecule has 0 aliphatic rings. The number of hydrogen-bond acceptors (Lipinski definition) is 2. The molecule has 21 heavy (non-hydrogen) atoms. The van der Waals surface area contributed by atoms with Gasteiger partial charge in [0.25, 0.3) is 0 Å². The third-order valence-corrected chi connectivity index (χ3v) is 3.63. The predicted octanol–water partition coefficient (Wildman–Crippen LogP) is 3.45. The van der Waals surface area contributed by atoms with Gasteiger partial charge in [0.2, 0.25) is 11.8 Å². The fraction of sp³-hybridized carbons (Fsp3) is 0.500. The standard InChI is InChI=1S/C16H23BrN2O2/c1-4-9-18(10-5-2)16(21)12-19(13(3)20)15-8-6-7-14(17)11-15/h6-8,11H,4-5,9-10,12H2,1-3H3. The molecule has 5 heteroatoms. The molecular weight excluding hydrogens is 332 g/mol. The number of amides is 2. The van der Waals surface area contributed by atoms with Crippen LogP contribution in [0.5, 0.6) is 0 Å². The highest BCUT2D eigenvalue weighted by atomic mass is 79.9. The Kier molecular flexibility index (Phi) is 7.43. The Morgan fingerprint density at radius 1 is 1.14 bits per heavy atom. The lowest BCUT2D eigenvalue weighted by atomic mass is 10.2. The van der Waals surface area contributed by atoms with Gasteiger partial charge >= 0.3 is 0 Å². The van der Waals surface area contributed by atoms with Gasteiger partial charge in [-0.05, 0) is 31.0 Å². The highest BCUT2D eigenvalue weighted by Gasteiger charge is 2.19. The van der Waals surface area contributed by atoms with Crippen LogP contribution in [0, 0.1) is 0 Å². The van der Waals surface area contributed by atoms with Crippen LogP contribution in [0.1, 0.15) is 33.6 Å². The Balaban J connectivity index is 2.87. The molecule has 0 heterocycles. The lowest BCUT2D eigenvalue weighted by Gasteiger charge is -2.26. The van der Waals surface area contributed by atoms with Crippen molar-refractivity contribution in [3.05, 3.63) is 28.7 Å². The first-order valence-electron chi connectivity index (χ1n) is 7.31. The summed E-state index contributed by atoms with van der Waals surface area (Å²) in [6, 6.07) is 7.43. The smallest absolute Gasteiger partial charge is 0.242 e. The summed E-state index contributed by atoms with van der Waals surface area (Å²) in [6.45, 7) is 7.14. The Hall–Kier alpha value is -1.36. The van der Waals surface area contributed by atoms with Crippen LogP contribution >= 0.6 is 15.9 Å². The molecule has 0 N–H and O–H groups in total. The number of nitrogens with zero attached hydrogens (tertiary/aromatic N) is 2. The normalized spacial score (nSPS) is 10.3. The van der Waals surface area contributed by atoms with E-state index < -0.39 is 0 Å². The van der Waals surface area contributed by atoms with Crippen LogP contribution in [0.2, 0.25) is 0 Å². The largest absolute Gasteiger partial charge is 0.341 e. The van der Waals surface area contributed by atoms with E-state index in [1.54, 1.807) is 0 Å². The summed E-state index contributed by atoms with van der Waals surface area (Å²) < 4.78 is 0.887. The fourth-order valence-electron chi connectivity index (χ4n) is 2.16. The molecule has 0 atom stereocenters. The third kappa shape index (κ3) is 5.50. The number of halogens is 1. The summed E-state index contributed by atoms with van der Waals surface area (Å²) in [5.74, 6) is -0.136. The molecule has 0 saturated carbocycles. The fourth-order valence-corrected chi connectivity index (χ4v) is 2.55. The molecule has 0 aliphatic carbocycles. The molecule has 0 aliphatic heterocycles.